The average Bonchev–Trinajstić information content (AvgIpc) is 2.73. The number of hydrogen-bond donors (Lipinski definition) is 1. The lowest BCUT2D eigenvalue weighted by Gasteiger charge is -1.98. The lowest BCUT2D eigenvalue weighted by Crippen LogP contribution is -2.00. The minimum Gasteiger partial charge on any atom is -0.481 e. The molecule has 1 aromatic carbocycles. The van der Waals surface area contributed by atoms with Gasteiger partial charge in [-0.25, -0.2) is 9.37 Å². The van der Waals surface area contributed by atoms with Gasteiger partial charge in [-0.3, -0.25) is 4.79 Å². The molecule has 2 aromatic rings. The van der Waals surface area contributed by atoms with E-state index in [4.69, 9.17) is 5.11 Å². The maximum atomic E-state index is 12.9. The second-order valence-corrected chi connectivity index (χ2v) is 5.54. The minimum atomic E-state index is -0.885. The highest BCUT2D eigenvalue weighted by Gasteiger charge is 2.06. The van der Waals surface area contributed by atoms with Crippen molar-refractivity contribution in [3.63, 3.8) is 0 Å². The summed E-state index contributed by atoms with van der Waals surface area (Å²) in [7, 11) is 0. The van der Waals surface area contributed by atoms with E-state index in [2.05, 4.69) is 4.98 Å². The van der Waals surface area contributed by atoms with Crippen molar-refractivity contribution >= 4 is 29.1 Å². The molecule has 0 radical (unpaired) electrons. The number of thiazole rings is 1. The van der Waals surface area contributed by atoms with E-state index in [-0.39, 0.29) is 12.2 Å². The van der Waals surface area contributed by atoms with Gasteiger partial charge in [0.05, 0.1) is 17.9 Å². The van der Waals surface area contributed by atoms with Crippen molar-refractivity contribution in [1.29, 1.82) is 0 Å². The van der Waals surface area contributed by atoms with Crippen LogP contribution in [-0.2, 0) is 17.0 Å². The van der Waals surface area contributed by atoms with Gasteiger partial charge in [-0.1, -0.05) is 6.07 Å². The molecule has 18 heavy (non-hydrogen) atoms. The quantitative estimate of drug-likeness (QED) is 0.856. The van der Waals surface area contributed by atoms with E-state index in [1.54, 1.807) is 11.4 Å². The van der Waals surface area contributed by atoms with Crippen LogP contribution >= 0.6 is 23.1 Å². The van der Waals surface area contributed by atoms with Crippen LogP contribution in [0.2, 0.25) is 0 Å². The number of benzene rings is 1. The summed E-state index contributed by atoms with van der Waals surface area (Å²) >= 11 is 2.91. The maximum absolute atomic E-state index is 12.9. The predicted octanol–water partition coefficient (Wildman–Crippen LogP) is 3.20. The Labute approximate surface area is 112 Å². The fourth-order valence-electron chi connectivity index (χ4n) is 1.35. The van der Waals surface area contributed by atoms with Gasteiger partial charge >= 0.3 is 5.97 Å². The maximum Gasteiger partial charge on any atom is 0.309 e. The molecule has 0 saturated heterocycles. The molecular formula is C12H10FNO2S2. The molecule has 0 atom stereocenters. The Morgan fingerprint density at radius 3 is 3.06 bits per heavy atom. The van der Waals surface area contributed by atoms with Gasteiger partial charge in [0.25, 0.3) is 0 Å². The van der Waals surface area contributed by atoms with Crippen molar-refractivity contribution in [1.82, 2.24) is 4.98 Å². The Kier molecular flexibility index (Phi) is 4.33. The molecule has 6 heteroatoms. The summed E-state index contributed by atoms with van der Waals surface area (Å²) in [6.07, 6.45) is -0.0544. The summed E-state index contributed by atoms with van der Waals surface area (Å²) in [5, 5.41) is 11.2. The Balaban J connectivity index is 1.94. The molecule has 0 saturated carbocycles. The van der Waals surface area contributed by atoms with Gasteiger partial charge in [-0.2, -0.15) is 0 Å². The Hall–Kier alpha value is -1.40. The molecule has 1 heterocycles. The van der Waals surface area contributed by atoms with Crippen LogP contribution in [0.25, 0.3) is 0 Å². The van der Waals surface area contributed by atoms with Crippen LogP contribution in [0.4, 0.5) is 4.39 Å². The van der Waals surface area contributed by atoms with Crippen LogP contribution in [-0.4, -0.2) is 16.1 Å². The third-order valence-electron chi connectivity index (χ3n) is 2.09. The lowest BCUT2D eigenvalue weighted by molar-refractivity contribution is -0.136. The lowest BCUT2D eigenvalue weighted by atomic mass is 10.3. The number of carboxylic acid groups (broad SMARTS) is 1. The first-order valence-electron chi connectivity index (χ1n) is 5.17. The minimum absolute atomic E-state index is 0.0544. The van der Waals surface area contributed by atoms with Crippen molar-refractivity contribution in [3.05, 3.63) is 46.2 Å². The summed E-state index contributed by atoms with van der Waals surface area (Å²) in [5.74, 6) is -0.524. The molecule has 0 fully saturated rings. The highest BCUT2D eigenvalue weighted by Crippen LogP contribution is 2.25. The van der Waals surface area contributed by atoms with Gasteiger partial charge < -0.3 is 5.11 Å². The van der Waals surface area contributed by atoms with E-state index in [0.717, 1.165) is 9.90 Å². The highest BCUT2D eigenvalue weighted by molar-refractivity contribution is 7.98. The normalized spacial score (nSPS) is 10.5. The van der Waals surface area contributed by atoms with E-state index in [0.29, 0.717) is 11.4 Å². The predicted molar refractivity (Wildman–Crippen MR) is 69.4 cm³/mol. The zero-order chi connectivity index (χ0) is 13.0. The molecule has 1 N–H and O–H groups in total. The second kappa shape index (κ2) is 5.97. The van der Waals surface area contributed by atoms with Crippen LogP contribution < -0.4 is 0 Å². The Morgan fingerprint density at radius 1 is 1.50 bits per heavy atom. The summed E-state index contributed by atoms with van der Waals surface area (Å²) < 4.78 is 12.9. The smallest absolute Gasteiger partial charge is 0.309 e. The summed E-state index contributed by atoms with van der Waals surface area (Å²) in [6, 6.07) is 6.36. The van der Waals surface area contributed by atoms with Gasteiger partial charge in [0.1, 0.15) is 10.8 Å². The Morgan fingerprint density at radius 2 is 2.33 bits per heavy atom. The SMILES string of the molecule is O=C(O)Cc1csc(CSc2cccc(F)c2)n1. The number of carbonyl (C=O) groups is 1. The van der Waals surface area contributed by atoms with Crippen LogP contribution in [0.3, 0.4) is 0 Å². The van der Waals surface area contributed by atoms with Gasteiger partial charge in [0, 0.05) is 10.3 Å². The number of carboxylic acids is 1. The van der Waals surface area contributed by atoms with E-state index in [1.807, 2.05) is 6.07 Å². The summed E-state index contributed by atoms with van der Waals surface area (Å²) in [4.78, 5) is 15.6. The average molecular weight is 283 g/mol. The van der Waals surface area contributed by atoms with Gasteiger partial charge in [0.15, 0.2) is 0 Å². The highest BCUT2D eigenvalue weighted by atomic mass is 32.2. The molecule has 3 nitrogen and oxygen atoms in total. The van der Waals surface area contributed by atoms with Crippen LogP contribution in [0, 0.1) is 5.82 Å². The van der Waals surface area contributed by atoms with Gasteiger partial charge in [-0.05, 0) is 18.2 Å². The number of thioether (sulfide) groups is 1. The molecule has 2 rings (SSSR count). The topological polar surface area (TPSA) is 50.2 Å². The number of hydrogen-bond acceptors (Lipinski definition) is 4. The van der Waals surface area contributed by atoms with Crippen molar-refractivity contribution < 1.29 is 14.3 Å². The summed E-state index contributed by atoms with van der Waals surface area (Å²) in [6.45, 7) is 0. The largest absolute Gasteiger partial charge is 0.481 e. The molecule has 0 aliphatic carbocycles. The second-order valence-electron chi connectivity index (χ2n) is 3.55. The fourth-order valence-corrected chi connectivity index (χ4v) is 3.11. The number of aromatic nitrogens is 1. The molecular weight excluding hydrogens is 273 g/mol. The zero-order valence-electron chi connectivity index (χ0n) is 9.30. The van der Waals surface area contributed by atoms with Crippen molar-refractivity contribution in [2.75, 3.05) is 0 Å². The molecule has 0 bridgehead atoms. The van der Waals surface area contributed by atoms with Crippen LogP contribution in [0.1, 0.15) is 10.7 Å². The summed E-state index contributed by atoms with van der Waals surface area (Å²) in [5.41, 5.74) is 0.572. The van der Waals surface area contributed by atoms with Gasteiger partial charge in [-0.15, -0.1) is 23.1 Å². The monoisotopic (exact) mass is 283 g/mol. The first-order chi connectivity index (χ1) is 8.63. The Bertz CT molecular complexity index is 557. The zero-order valence-corrected chi connectivity index (χ0v) is 10.9. The van der Waals surface area contributed by atoms with E-state index < -0.39 is 5.97 Å². The molecule has 1 aromatic heterocycles. The van der Waals surface area contributed by atoms with E-state index >= 15 is 0 Å². The van der Waals surface area contributed by atoms with Crippen LogP contribution in [0.5, 0.6) is 0 Å². The van der Waals surface area contributed by atoms with E-state index in [1.165, 1.54) is 35.2 Å². The number of nitrogens with zero attached hydrogens (tertiary/aromatic N) is 1. The molecule has 94 valence electrons. The molecule has 0 unspecified atom stereocenters. The molecule has 0 aliphatic rings. The number of rotatable bonds is 5. The van der Waals surface area contributed by atoms with E-state index in [9.17, 15) is 9.18 Å². The number of aliphatic carboxylic acids is 1. The first kappa shape index (κ1) is 13.0. The van der Waals surface area contributed by atoms with Crippen LogP contribution in [0.15, 0.2) is 34.5 Å². The molecule has 0 aliphatic heterocycles. The number of halogens is 1. The van der Waals surface area contributed by atoms with Crippen molar-refractivity contribution in [2.45, 2.75) is 17.1 Å². The fraction of sp³-hybridized carbons (Fsp3) is 0.167. The molecule has 0 amide bonds. The molecule has 0 spiro atoms. The van der Waals surface area contributed by atoms with Gasteiger partial charge in [0.2, 0.25) is 0 Å². The van der Waals surface area contributed by atoms with Crippen molar-refractivity contribution in [3.8, 4) is 0 Å². The third-order valence-corrected chi connectivity index (χ3v) is 4.18. The standard InChI is InChI=1S/C12H10FNO2S2/c13-8-2-1-3-10(4-8)17-7-11-14-9(6-18-11)5-12(15)16/h1-4,6H,5,7H2,(H,15,16). The van der Waals surface area contributed by atoms with Crippen molar-refractivity contribution in [2.24, 2.45) is 0 Å². The first-order valence-corrected chi connectivity index (χ1v) is 7.03. The third kappa shape index (κ3) is 3.82.